The number of aliphatic hydroxyl groups excluding tert-OH is 1. The molecule has 0 fully saturated rings. The fraction of sp³-hybridized carbons (Fsp3) is 0.0714. The summed E-state index contributed by atoms with van der Waals surface area (Å²) < 4.78 is 0. The fourth-order valence-corrected chi connectivity index (χ4v) is 2.18. The van der Waals surface area contributed by atoms with Crippen LogP contribution < -0.4 is 5.73 Å². The summed E-state index contributed by atoms with van der Waals surface area (Å²) in [5.41, 5.74) is 6.49. The quantitative estimate of drug-likeness (QED) is 0.673. The second-order valence-corrected chi connectivity index (χ2v) is 4.85. The van der Waals surface area contributed by atoms with E-state index < -0.39 is 11.9 Å². The Balaban J connectivity index is 2.40. The molecule has 1 atom stereocenters. The Morgan fingerprint density at radius 2 is 1.79 bits per heavy atom. The first-order valence-electron chi connectivity index (χ1n) is 5.52. The van der Waals surface area contributed by atoms with Crippen molar-refractivity contribution < 1.29 is 9.90 Å². The van der Waals surface area contributed by atoms with Crippen molar-refractivity contribution in [1.29, 1.82) is 0 Å². The summed E-state index contributed by atoms with van der Waals surface area (Å²) in [7, 11) is 0. The first-order valence-corrected chi connectivity index (χ1v) is 6.28. The molecule has 5 heteroatoms. The molecule has 3 N–H and O–H groups in total. The first kappa shape index (κ1) is 13.9. The molecule has 2 aromatic carbocycles. The number of rotatable bonds is 3. The number of ketones is 1. The standard InChI is InChI=1S/C14H11Cl2NO2/c15-9-6-10(12(16)11(17)7-9)14(19)13(18)8-4-2-1-3-5-8/h1-7,14,19H,17H2. The second kappa shape index (κ2) is 5.61. The molecule has 19 heavy (non-hydrogen) atoms. The second-order valence-electron chi connectivity index (χ2n) is 4.03. The van der Waals surface area contributed by atoms with Gasteiger partial charge in [0.15, 0.2) is 5.78 Å². The summed E-state index contributed by atoms with van der Waals surface area (Å²) in [5.74, 6) is -0.454. The number of nitrogens with two attached hydrogens (primary N) is 1. The molecule has 0 spiro atoms. The topological polar surface area (TPSA) is 63.3 Å². The molecule has 0 saturated heterocycles. The van der Waals surface area contributed by atoms with E-state index in [1.54, 1.807) is 30.3 Å². The molecule has 0 aliphatic rings. The lowest BCUT2D eigenvalue weighted by molar-refractivity contribution is 0.0748. The van der Waals surface area contributed by atoms with Crippen molar-refractivity contribution in [2.45, 2.75) is 6.10 Å². The predicted octanol–water partition coefficient (Wildman–Crippen LogP) is 3.49. The molecule has 0 aliphatic carbocycles. The van der Waals surface area contributed by atoms with Gasteiger partial charge in [-0.3, -0.25) is 4.79 Å². The van der Waals surface area contributed by atoms with Crippen LogP contribution >= 0.6 is 23.2 Å². The Morgan fingerprint density at radius 3 is 2.42 bits per heavy atom. The van der Waals surface area contributed by atoms with Gasteiger partial charge < -0.3 is 10.8 Å². The molecule has 0 aliphatic heterocycles. The van der Waals surface area contributed by atoms with Crippen molar-refractivity contribution in [2.75, 3.05) is 5.73 Å². The van der Waals surface area contributed by atoms with Gasteiger partial charge in [0.2, 0.25) is 0 Å². The maximum absolute atomic E-state index is 12.1. The summed E-state index contributed by atoms with van der Waals surface area (Å²) in [6.45, 7) is 0. The van der Waals surface area contributed by atoms with Crippen LogP contribution in [0.15, 0.2) is 42.5 Å². The Bertz CT molecular complexity index is 614. The van der Waals surface area contributed by atoms with E-state index in [0.717, 1.165) is 0 Å². The lowest BCUT2D eigenvalue weighted by Crippen LogP contribution is -2.13. The zero-order valence-corrected chi connectivity index (χ0v) is 11.3. The highest BCUT2D eigenvalue weighted by atomic mass is 35.5. The van der Waals surface area contributed by atoms with E-state index in [0.29, 0.717) is 10.6 Å². The molecule has 0 heterocycles. The Hall–Kier alpha value is -1.55. The van der Waals surface area contributed by atoms with Crippen LogP contribution in [0.4, 0.5) is 5.69 Å². The van der Waals surface area contributed by atoms with E-state index in [9.17, 15) is 9.90 Å². The van der Waals surface area contributed by atoms with E-state index in [1.165, 1.54) is 12.1 Å². The maximum atomic E-state index is 12.1. The van der Waals surface area contributed by atoms with E-state index in [-0.39, 0.29) is 16.3 Å². The molecule has 0 amide bonds. The van der Waals surface area contributed by atoms with Gasteiger partial charge in [0, 0.05) is 16.1 Å². The van der Waals surface area contributed by atoms with Crippen molar-refractivity contribution in [3.8, 4) is 0 Å². The zero-order chi connectivity index (χ0) is 14.0. The van der Waals surface area contributed by atoms with E-state index in [1.807, 2.05) is 0 Å². The van der Waals surface area contributed by atoms with Crippen molar-refractivity contribution in [3.05, 3.63) is 63.6 Å². The van der Waals surface area contributed by atoms with Gasteiger partial charge in [-0.2, -0.15) is 0 Å². The molecular formula is C14H11Cl2NO2. The summed E-state index contributed by atoms with van der Waals surface area (Å²) in [4.78, 5) is 12.1. The van der Waals surface area contributed by atoms with Gasteiger partial charge in [0.25, 0.3) is 0 Å². The Morgan fingerprint density at radius 1 is 1.16 bits per heavy atom. The van der Waals surface area contributed by atoms with Crippen LogP contribution in [0.2, 0.25) is 10.0 Å². The normalized spacial score (nSPS) is 12.2. The average Bonchev–Trinajstić information content (AvgIpc) is 2.42. The Labute approximate surface area is 120 Å². The van der Waals surface area contributed by atoms with Crippen LogP contribution in [0.5, 0.6) is 0 Å². The first-order chi connectivity index (χ1) is 9.00. The van der Waals surface area contributed by atoms with Crippen LogP contribution in [0.3, 0.4) is 0 Å². The molecule has 2 rings (SSSR count). The lowest BCUT2D eigenvalue weighted by Gasteiger charge is -2.13. The van der Waals surface area contributed by atoms with Crippen LogP contribution in [0, 0.1) is 0 Å². The van der Waals surface area contributed by atoms with Gasteiger partial charge in [-0.1, -0.05) is 53.5 Å². The minimum absolute atomic E-state index is 0.140. The smallest absolute Gasteiger partial charge is 0.195 e. The van der Waals surface area contributed by atoms with Crippen LogP contribution in [-0.2, 0) is 0 Å². The van der Waals surface area contributed by atoms with Crippen molar-refractivity contribution in [1.82, 2.24) is 0 Å². The number of carbonyl (C=O) groups excluding carboxylic acids is 1. The van der Waals surface area contributed by atoms with Gasteiger partial charge in [-0.05, 0) is 12.1 Å². The number of benzene rings is 2. The van der Waals surface area contributed by atoms with Crippen LogP contribution in [-0.4, -0.2) is 10.9 Å². The zero-order valence-electron chi connectivity index (χ0n) is 9.81. The van der Waals surface area contributed by atoms with Crippen LogP contribution in [0.1, 0.15) is 22.0 Å². The van der Waals surface area contributed by atoms with Gasteiger partial charge in [-0.15, -0.1) is 0 Å². The summed E-state index contributed by atoms with van der Waals surface area (Å²) in [5, 5.41) is 10.6. The third kappa shape index (κ3) is 2.89. The number of hydrogen-bond acceptors (Lipinski definition) is 3. The number of anilines is 1. The molecular weight excluding hydrogens is 285 g/mol. The summed E-state index contributed by atoms with van der Waals surface area (Å²) in [6, 6.07) is 11.4. The number of Topliss-reactive ketones (excluding diaryl/α,β-unsaturated/α-hetero) is 1. The number of hydrogen-bond donors (Lipinski definition) is 2. The van der Waals surface area contributed by atoms with Gasteiger partial charge >= 0.3 is 0 Å². The Kier molecular flexibility index (Phi) is 4.10. The lowest BCUT2D eigenvalue weighted by atomic mass is 9.99. The van der Waals surface area contributed by atoms with Gasteiger partial charge in [0.05, 0.1) is 10.7 Å². The predicted molar refractivity (Wildman–Crippen MR) is 76.6 cm³/mol. The molecule has 0 radical (unpaired) electrons. The average molecular weight is 296 g/mol. The number of aliphatic hydroxyl groups is 1. The third-order valence-corrected chi connectivity index (χ3v) is 3.35. The molecule has 2 aromatic rings. The minimum Gasteiger partial charge on any atom is -0.397 e. The molecule has 98 valence electrons. The third-order valence-electron chi connectivity index (χ3n) is 2.69. The number of carbonyl (C=O) groups is 1. The van der Waals surface area contributed by atoms with Gasteiger partial charge in [0.1, 0.15) is 6.10 Å². The van der Waals surface area contributed by atoms with Crippen molar-refractivity contribution in [2.24, 2.45) is 0 Å². The molecule has 0 saturated carbocycles. The summed E-state index contributed by atoms with van der Waals surface area (Å²) >= 11 is 11.9. The van der Waals surface area contributed by atoms with Crippen molar-refractivity contribution in [3.63, 3.8) is 0 Å². The summed E-state index contributed by atoms with van der Waals surface area (Å²) in [6.07, 6.45) is -1.39. The van der Waals surface area contributed by atoms with Gasteiger partial charge in [-0.25, -0.2) is 0 Å². The van der Waals surface area contributed by atoms with E-state index in [4.69, 9.17) is 28.9 Å². The highest BCUT2D eigenvalue weighted by Gasteiger charge is 2.23. The number of nitrogen functional groups attached to an aromatic ring is 1. The molecule has 3 nitrogen and oxygen atoms in total. The highest BCUT2D eigenvalue weighted by Crippen LogP contribution is 2.33. The maximum Gasteiger partial charge on any atom is 0.195 e. The minimum atomic E-state index is -1.39. The van der Waals surface area contributed by atoms with Crippen LogP contribution in [0.25, 0.3) is 0 Å². The number of halogens is 2. The molecule has 0 bridgehead atoms. The fourth-order valence-electron chi connectivity index (χ4n) is 1.73. The molecule has 1 unspecified atom stereocenters. The van der Waals surface area contributed by atoms with Crippen molar-refractivity contribution >= 4 is 34.7 Å². The monoisotopic (exact) mass is 295 g/mol. The highest BCUT2D eigenvalue weighted by molar-refractivity contribution is 6.36. The van der Waals surface area contributed by atoms with E-state index >= 15 is 0 Å². The SMILES string of the molecule is Nc1cc(Cl)cc(C(O)C(=O)c2ccccc2)c1Cl. The largest absolute Gasteiger partial charge is 0.397 e. The molecule has 0 aromatic heterocycles. The van der Waals surface area contributed by atoms with E-state index in [2.05, 4.69) is 0 Å².